The third kappa shape index (κ3) is 62.5. The summed E-state index contributed by atoms with van der Waals surface area (Å²) in [4.78, 5) is 38.0. The van der Waals surface area contributed by atoms with E-state index >= 15 is 0 Å². The first kappa shape index (κ1) is 73.6. The zero-order valence-electron chi connectivity index (χ0n) is 51.3. The van der Waals surface area contributed by atoms with E-state index in [1.165, 1.54) is 270 Å². The number of rotatable bonds is 63. The van der Waals surface area contributed by atoms with Crippen LogP contribution in [-0.4, -0.2) is 37.2 Å². The minimum atomic E-state index is -0.768. The van der Waals surface area contributed by atoms with Crippen molar-refractivity contribution in [3.05, 3.63) is 36.5 Å². The number of hydrogen-bond donors (Lipinski definition) is 0. The van der Waals surface area contributed by atoms with Gasteiger partial charge in [0.1, 0.15) is 13.2 Å². The van der Waals surface area contributed by atoms with Crippen LogP contribution < -0.4 is 0 Å². The van der Waals surface area contributed by atoms with Crippen LogP contribution >= 0.6 is 0 Å². The summed E-state index contributed by atoms with van der Waals surface area (Å²) in [5.41, 5.74) is 0. The Labute approximate surface area is 474 Å². The average molecular weight is 1070 g/mol. The summed E-state index contributed by atoms with van der Waals surface area (Å²) in [6.45, 7) is 6.61. The quantitative estimate of drug-likeness (QED) is 0.0261. The summed E-state index contributed by atoms with van der Waals surface area (Å²) >= 11 is 0. The van der Waals surface area contributed by atoms with Crippen molar-refractivity contribution in [2.75, 3.05) is 13.2 Å². The lowest BCUT2D eigenvalue weighted by atomic mass is 10.0. The van der Waals surface area contributed by atoms with Crippen LogP contribution in [-0.2, 0) is 28.6 Å². The summed E-state index contributed by atoms with van der Waals surface area (Å²) in [5.74, 6) is -0.861. The molecule has 0 radical (unpaired) electrons. The average Bonchev–Trinajstić information content (AvgIpc) is 3.42. The van der Waals surface area contributed by atoms with Gasteiger partial charge in [-0.1, -0.05) is 314 Å². The summed E-state index contributed by atoms with van der Waals surface area (Å²) in [6.07, 6.45) is 80.8. The summed E-state index contributed by atoms with van der Waals surface area (Å²) in [5, 5.41) is 0. The summed E-state index contributed by atoms with van der Waals surface area (Å²) in [6, 6.07) is 0. The molecule has 0 bridgehead atoms. The van der Waals surface area contributed by atoms with E-state index in [0.717, 1.165) is 64.2 Å². The molecule has 0 aromatic carbocycles. The minimum Gasteiger partial charge on any atom is -0.462 e. The van der Waals surface area contributed by atoms with E-state index in [1.54, 1.807) is 0 Å². The second-order valence-electron chi connectivity index (χ2n) is 23.1. The lowest BCUT2D eigenvalue weighted by molar-refractivity contribution is -0.167. The number of hydrogen-bond acceptors (Lipinski definition) is 6. The largest absolute Gasteiger partial charge is 0.462 e. The van der Waals surface area contributed by atoms with Crippen LogP contribution in [0, 0.1) is 0 Å². The van der Waals surface area contributed by atoms with Gasteiger partial charge >= 0.3 is 17.9 Å². The van der Waals surface area contributed by atoms with Crippen LogP contribution in [0.5, 0.6) is 0 Å². The third-order valence-corrected chi connectivity index (χ3v) is 15.4. The molecule has 0 aromatic rings. The highest BCUT2D eigenvalue weighted by molar-refractivity contribution is 5.71. The van der Waals surface area contributed by atoms with Crippen molar-refractivity contribution in [3.63, 3.8) is 0 Å². The minimum absolute atomic E-state index is 0.0688. The van der Waals surface area contributed by atoms with Gasteiger partial charge in [0.25, 0.3) is 0 Å². The molecule has 1 atom stereocenters. The van der Waals surface area contributed by atoms with Crippen molar-refractivity contribution in [2.24, 2.45) is 0 Å². The molecule has 0 saturated heterocycles. The van der Waals surface area contributed by atoms with Crippen molar-refractivity contribution >= 4 is 17.9 Å². The number of carbonyl (C=O) groups excluding carboxylic acids is 3. The van der Waals surface area contributed by atoms with Gasteiger partial charge in [-0.2, -0.15) is 0 Å². The molecule has 0 aromatic heterocycles. The van der Waals surface area contributed by atoms with Gasteiger partial charge in [-0.3, -0.25) is 14.4 Å². The lowest BCUT2D eigenvalue weighted by Gasteiger charge is -2.18. The van der Waals surface area contributed by atoms with Crippen LogP contribution in [0.25, 0.3) is 0 Å². The Kier molecular flexibility index (Phi) is 63.1. The molecule has 0 amide bonds. The van der Waals surface area contributed by atoms with Crippen molar-refractivity contribution in [1.82, 2.24) is 0 Å². The Morgan fingerprint density at radius 1 is 0.263 bits per heavy atom. The van der Waals surface area contributed by atoms with Gasteiger partial charge < -0.3 is 14.2 Å². The molecule has 6 nitrogen and oxygen atoms in total. The highest BCUT2D eigenvalue weighted by Crippen LogP contribution is 2.18. The molecule has 1 unspecified atom stereocenters. The van der Waals surface area contributed by atoms with E-state index in [2.05, 4.69) is 57.2 Å². The topological polar surface area (TPSA) is 78.9 Å². The van der Waals surface area contributed by atoms with Crippen LogP contribution in [0.15, 0.2) is 36.5 Å². The first-order chi connectivity index (χ1) is 37.5. The lowest BCUT2D eigenvalue weighted by Crippen LogP contribution is -2.30. The number of allylic oxidation sites excluding steroid dienone is 6. The SMILES string of the molecule is CCCCCCC/C=C\C/C=C\CCCCCCCCCCCCCCCCCCCCCCCCCC(=O)OCC(COC(=O)CCCCCCCC)OC(=O)CCCCCCCCC/C=C\CCCCCCCC. The predicted octanol–water partition coefficient (Wildman–Crippen LogP) is 23.2. The predicted molar refractivity (Wildman–Crippen MR) is 330 cm³/mol. The number of ether oxygens (including phenoxy) is 3. The highest BCUT2D eigenvalue weighted by Gasteiger charge is 2.19. The Bertz CT molecular complexity index is 1270. The molecular formula is C70H130O6. The maximum absolute atomic E-state index is 12.8. The zero-order valence-corrected chi connectivity index (χ0v) is 51.3. The van der Waals surface area contributed by atoms with Gasteiger partial charge in [0.05, 0.1) is 0 Å². The first-order valence-corrected chi connectivity index (χ1v) is 34.0. The number of unbranched alkanes of at least 4 members (excludes halogenated alkanes) is 46. The molecule has 0 fully saturated rings. The van der Waals surface area contributed by atoms with E-state index in [0.29, 0.717) is 19.3 Å². The fourth-order valence-electron chi connectivity index (χ4n) is 10.2. The van der Waals surface area contributed by atoms with E-state index in [9.17, 15) is 14.4 Å². The second-order valence-corrected chi connectivity index (χ2v) is 23.1. The molecule has 6 heteroatoms. The van der Waals surface area contributed by atoms with Gasteiger partial charge in [-0.15, -0.1) is 0 Å². The molecule has 0 spiro atoms. The molecule has 0 heterocycles. The van der Waals surface area contributed by atoms with Gasteiger partial charge in [0.2, 0.25) is 0 Å². The summed E-state index contributed by atoms with van der Waals surface area (Å²) < 4.78 is 16.8. The normalized spacial score (nSPS) is 12.2. The zero-order chi connectivity index (χ0) is 55.0. The standard InChI is InChI=1S/C70H130O6/c1-4-7-10-13-16-18-20-22-24-26-27-28-29-30-31-32-33-34-35-36-37-38-39-40-41-42-43-45-46-48-50-52-54-57-60-63-69(72)75-66-67(65-74-68(71)62-59-56-15-12-9-6-3)76-70(73)64-61-58-55-53-51-49-47-44-25-23-21-19-17-14-11-8-5-2/h20,22-23,25-27,67H,4-19,21,24,28-66H2,1-3H3/b22-20-,25-23-,27-26-. The van der Waals surface area contributed by atoms with E-state index < -0.39 is 6.10 Å². The van der Waals surface area contributed by atoms with Crippen molar-refractivity contribution in [3.8, 4) is 0 Å². The smallest absolute Gasteiger partial charge is 0.306 e. The van der Waals surface area contributed by atoms with Crippen LogP contribution in [0.1, 0.15) is 374 Å². The maximum Gasteiger partial charge on any atom is 0.306 e. The molecule has 0 aliphatic heterocycles. The van der Waals surface area contributed by atoms with Crippen molar-refractivity contribution in [1.29, 1.82) is 0 Å². The molecule has 76 heavy (non-hydrogen) atoms. The molecular weight excluding hydrogens is 937 g/mol. The van der Waals surface area contributed by atoms with Gasteiger partial charge in [-0.25, -0.2) is 0 Å². The highest BCUT2D eigenvalue weighted by atomic mass is 16.6. The number of carbonyl (C=O) groups is 3. The van der Waals surface area contributed by atoms with Gasteiger partial charge in [0.15, 0.2) is 6.10 Å². The van der Waals surface area contributed by atoms with Crippen molar-refractivity contribution < 1.29 is 28.6 Å². The second kappa shape index (κ2) is 65.2. The van der Waals surface area contributed by atoms with Crippen LogP contribution in [0.4, 0.5) is 0 Å². The van der Waals surface area contributed by atoms with Crippen LogP contribution in [0.3, 0.4) is 0 Å². The fourth-order valence-corrected chi connectivity index (χ4v) is 10.2. The van der Waals surface area contributed by atoms with E-state index in [1.807, 2.05) is 0 Å². The fraction of sp³-hybridized carbons (Fsp3) is 0.871. The molecule has 0 aliphatic carbocycles. The maximum atomic E-state index is 12.8. The van der Waals surface area contributed by atoms with E-state index in [4.69, 9.17) is 14.2 Å². The van der Waals surface area contributed by atoms with Crippen molar-refractivity contribution in [2.45, 2.75) is 380 Å². The molecule has 446 valence electrons. The molecule has 0 aliphatic rings. The molecule has 0 rings (SSSR count). The third-order valence-electron chi connectivity index (χ3n) is 15.4. The molecule has 0 N–H and O–H groups in total. The Hall–Kier alpha value is -2.37. The monoisotopic (exact) mass is 1070 g/mol. The van der Waals surface area contributed by atoms with E-state index in [-0.39, 0.29) is 31.1 Å². The first-order valence-electron chi connectivity index (χ1n) is 34.0. The van der Waals surface area contributed by atoms with Crippen LogP contribution in [0.2, 0.25) is 0 Å². The Morgan fingerprint density at radius 3 is 0.737 bits per heavy atom. The van der Waals surface area contributed by atoms with Gasteiger partial charge in [0, 0.05) is 19.3 Å². The van der Waals surface area contributed by atoms with Gasteiger partial charge in [-0.05, 0) is 77.0 Å². The Morgan fingerprint density at radius 2 is 0.474 bits per heavy atom. The molecule has 0 saturated carbocycles. The number of esters is 3. The Balaban J connectivity index is 3.89. The summed E-state index contributed by atoms with van der Waals surface area (Å²) in [7, 11) is 0.